The molecule has 0 radical (unpaired) electrons. The van der Waals surface area contributed by atoms with Gasteiger partial charge in [-0.3, -0.25) is 9.59 Å². The Balaban J connectivity index is 2.68. The lowest BCUT2D eigenvalue weighted by molar-refractivity contribution is -0.139. The first-order chi connectivity index (χ1) is 8.38. The van der Waals surface area contributed by atoms with Crippen LogP contribution in [-0.4, -0.2) is 46.3 Å². The van der Waals surface area contributed by atoms with Gasteiger partial charge in [-0.15, -0.1) is 0 Å². The Morgan fingerprint density at radius 2 is 2.11 bits per heavy atom. The molecule has 1 unspecified atom stereocenters. The van der Waals surface area contributed by atoms with Crippen molar-refractivity contribution < 1.29 is 9.59 Å². The number of carbonyl (C=O) groups is 2. The summed E-state index contributed by atoms with van der Waals surface area (Å²) in [6.45, 7) is 8.29. The van der Waals surface area contributed by atoms with Crippen molar-refractivity contribution in [2.24, 2.45) is 0 Å². The molecule has 1 saturated heterocycles. The molecule has 4 nitrogen and oxygen atoms in total. The molecule has 1 aliphatic rings. The van der Waals surface area contributed by atoms with Crippen LogP contribution in [-0.2, 0) is 9.59 Å². The fraction of sp³-hybridized carbons (Fsp3) is 0.846. The largest absolute Gasteiger partial charge is 0.342 e. The first-order valence-electron chi connectivity index (χ1n) is 6.58. The molecule has 104 valence electrons. The van der Waals surface area contributed by atoms with Crippen molar-refractivity contribution in [2.45, 2.75) is 52.1 Å². The second-order valence-corrected chi connectivity index (χ2v) is 6.65. The van der Waals surface area contributed by atoms with Crippen LogP contribution in [0.5, 0.6) is 0 Å². The Kier molecular flexibility index (Phi) is 5.50. The monoisotopic (exact) mass is 272 g/mol. The molecule has 0 aromatic carbocycles. The lowest BCUT2D eigenvalue weighted by atomic mass is 10.0. The van der Waals surface area contributed by atoms with Gasteiger partial charge in [0.15, 0.2) is 0 Å². The quantitative estimate of drug-likeness (QED) is 0.774. The van der Waals surface area contributed by atoms with Crippen molar-refractivity contribution in [3.05, 3.63) is 0 Å². The maximum atomic E-state index is 12.4. The lowest BCUT2D eigenvalue weighted by Gasteiger charge is -2.33. The van der Waals surface area contributed by atoms with Gasteiger partial charge in [0.1, 0.15) is 5.54 Å². The average Bonchev–Trinajstić information content (AvgIpc) is 2.37. The number of hydrogen-bond donors (Lipinski definition) is 1. The van der Waals surface area contributed by atoms with Crippen LogP contribution in [0.4, 0.5) is 0 Å². The number of amides is 2. The van der Waals surface area contributed by atoms with Crippen molar-refractivity contribution in [1.82, 2.24) is 10.2 Å². The van der Waals surface area contributed by atoms with Gasteiger partial charge in [-0.05, 0) is 38.7 Å². The van der Waals surface area contributed by atoms with Gasteiger partial charge in [0.2, 0.25) is 11.8 Å². The fourth-order valence-electron chi connectivity index (χ4n) is 2.12. The second-order valence-electron chi connectivity index (χ2n) is 5.26. The molecule has 18 heavy (non-hydrogen) atoms. The molecular weight excluding hydrogens is 248 g/mol. The summed E-state index contributed by atoms with van der Waals surface area (Å²) in [5.41, 5.74) is -0.778. The van der Waals surface area contributed by atoms with Crippen molar-refractivity contribution in [2.75, 3.05) is 18.1 Å². The van der Waals surface area contributed by atoms with Crippen molar-refractivity contribution in [3.63, 3.8) is 0 Å². The predicted octanol–water partition coefficient (Wildman–Crippen LogP) is 1.65. The molecule has 1 rings (SSSR count). The summed E-state index contributed by atoms with van der Waals surface area (Å²) in [6.07, 6.45) is 1.38. The van der Waals surface area contributed by atoms with Crippen LogP contribution < -0.4 is 5.32 Å². The summed E-state index contributed by atoms with van der Waals surface area (Å²) in [7, 11) is 0. The molecular formula is C13H24N2O2S. The topological polar surface area (TPSA) is 49.4 Å². The number of nitrogens with zero attached hydrogens (tertiary/aromatic N) is 1. The van der Waals surface area contributed by atoms with Crippen LogP contribution >= 0.6 is 11.8 Å². The molecule has 2 amide bonds. The van der Waals surface area contributed by atoms with Crippen molar-refractivity contribution in [1.29, 1.82) is 0 Å². The second kappa shape index (κ2) is 6.45. The third-order valence-electron chi connectivity index (χ3n) is 3.24. The Labute approximate surface area is 114 Å². The molecule has 0 aromatic rings. The van der Waals surface area contributed by atoms with Crippen LogP contribution in [0.3, 0.4) is 0 Å². The maximum absolute atomic E-state index is 12.4. The summed E-state index contributed by atoms with van der Waals surface area (Å²) >= 11 is 1.89. The third-order valence-corrected chi connectivity index (χ3v) is 4.18. The smallest absolute Gasteiger partial charge is 0.247 e. The van der Waals surface area contributed by atoms with E-state index in [-0.39, 0.29) is 17.9 Å². The first-order valence-corrected chi connectivity index (χ1v) is 7.73. The van der Waals surface area contributed by atoms with E-state index in [0.29, 0.717) is 13.0 Å². The zero-order valence-electron chi connectivity index (χ0n) is 11.8. The van der Waals surface area contributed by atoms with E-state index in [0.717, 1.165) is 17.9 Å². The maximum Gasteiger partial charge on any atom is 0.247 e. The molecule has 1 aliphatic heterocycles. The van der Waals surface area contributed by atoms with Gasteiger partial charge in [-0.2, -0.15) is 11.8 Å². The highest BCUT2D eigenvalue weighted by atomic mass is 32.2. The highest BCUT2D eigenvalue weighted by Gasteiger charge is 2.37. The molecule has 0 bridgehead atoms. The van der Waals surface area contributed by atoms with E-state index in [1.165, 1.54) is 0 Å². The fourth-order valence-corrected chi connectivity index (χ4v) is 2.92. The summed E-state index contributed by atoms with van der Waals surface area (Å²) in [5, 5.41) is 2.78. The summed E-state index contributed by atoms with van der Waals surface area (Å²) < 4.78 is 0. The minimum Gasteiger partial charge on any atom is -0.342 e. The zero-order chi connectivity index (χ0) is 13.8. The molecule has 0 aromatic heterocycles. The number of thioether (sulfide) groups is 1. The Bertz CT molecular complexity index is 318. The van der Waals surface area contributed by atoms with E-state index in [4.69, 9.17) is 0 Å². The van der Waals surface area contributed by atoms with Crippen LogP contribution in [0.15, 0.2) is 0 Å². The Hall–Kier alpha value is -0.710. The standard InChI is InChI=1S/C13H24N2O2S/c1-5-18-9-7-10(2)15-8-6-11(16)14-13(3,4)12(15)17/h10H,5-9H2,1-4H3,(H,14,16). The van der Waals surface area contributed by atoms with Gasteiger partial charge in [0, 0.05) is 19.0 Å². The van der Waals surface area contributed by atoms with Crippen LogP contribution in [0.2, 0.25) is 0 Å². The molecule has 0 saturated carbocycles. The normalized spacial score (nSPS) is 21.4. The van der Waals surface area contributed by atoms with E-state index >= 15 is 0 Å². The van der Waals surface area contributed by atoms with Gasteiger partial charge in [-0.25, -0.2) is 0 Å². The molecule has 5 heteroatoms. The van der Waals surface area contributed by atoms with Crippen molar-refractivity contribution in [3.8, 4) is 0 Å². The van der Waals surface area contributed by atoms with Gasteiger partial charge < -0.3 is 10.2 Å². The van der Waals surface area contributed by atoms with Gasteiger partial charge in [-0.1, -0.05) is 6.92 Å². The Morgan fingerprint density at radius 1 is 1.44 bits per heavy atom. The van der Waals surface area contributed by atoms with Crippen LogP contribution in [0, 0.1) is 0 Å². The van der Waals surface area contributed by atoms with Crippen LogP contribution in [0.25, 0.3) is 0 Å². The SMILES string of the molecule is CCSCCC(C)N1CCC(=O)NC(C)(C)C1=O. The number of carbonyl (C=O) groups excluding carboxylic acids is 2. The minimum absolute atomic E-state index is 0.0300. The minimum atomic E-state index is -0.778. The third kappa shape index (κ3) is 3.90. The average molecular weight is 272 g/mol. The summed E-state index contributed by atoms with van der Waals surface area (Å²) in [4.78, 5) is 25.8. The van der Waals surface area contributed by atoms with Crippen LogP contribution in [0.1, 0.15) is 40.5 Å². The molecule has 1 N–H and O–H groups in total. The van der Waals surface area contributed by atoms with Crippen molar-refractivity contribution >= 4 is 23.6 Å². The molecule has 1 atom stereocenters. The van der Waals surface area contributed by atoms with E-state index < -0.39 is 5.54 Å². The number of nitrogens with one attached hydrogen (secondary N) is 1. The van der Waals surface area contributed by atoms with Gasteiger partial charge in [0.25, 0.3) is 0 Å². The highest BCUT2D eigenvalue weighted by molar-refractivity contribution is 7.99. The Morgan fingerprint density at radius 3 is 2.72 bits per heavy atom. The highest BCUT2D eigenvalue weighted by Crippen LogP contribution is 2.18. The summed E-state index contributed by atoms with van der Waals surface area (Å²) in [5.74, 6) is 2.16. The predicted molar refractivity (Wildman–Crippen MR) is 75.6 cm³/mol. The van der Waals surface area contributed by atoms with E-state index in [1.807, 2.05) is 16.7 Å². The van der Waals surface area contributed by atoms with E-state index in [2.05, 4.69) is 19.2 Å². The number of rotatable bonds is 5. The molecule has 1 fully saturated rings. The molecule has 1 heterocycles. The summed E-state index contributed by atoms with van der Waals surface area (Å²) in [6, 6.07) is 0.198. The molecule has 0 spiro atoms. The number of hydrogen-bond acceptors (Lipinski definition) is 3. The molecule has 0 aliphatic carbocycles. The van der Waals surface area contributed by atoms with Gasteiger partial charge in [0.05, 0.1) is 0 Å². The van der Waals surface area contributed by atoms with E-state index in [1.54, 1.807) is 13.8 Å². The van der Waals surface area contributed by atoms with Gasteiger partial charge >= 0.3 is 0 Å². The van der Waals surface area contributed by atoms with E-state index in [9.17, 15) is 9.59 Å². The zero-order valence-corrected chi connectivity index (χ0v) is 12.6. The lowest BCUT2D eigenvalue weighted by Crippen LogP contribution is -2.54. The first kappa shape index (κ1) is 15.3.